The van der Waals surface area contributed by atoms with Gasteiger partial charge in [0, 0.05) is 24.5 Å². The van der Waals surface area contributed by atoms with Crippen LogP contribution in [0.3, 0.4) is 0 Å². The number of morpholine rings is 1. The maximum Gasteiger partial charge on any atom is 0.224 e. The summed E-state index contributed by atoms with van der Waals surface area (Å²) in [7, 11) is 0. The number of amides is 1. The number of hydrogen-bond acceptors (Lipinski definition) is 4. The van der Waals surface area contributed by atoms with E-state index >= 15 is 0 Å². The predicted molar refractivity (Wildman–Crippen MR) is 92.6 cm³/mol. The molecule has 1 aliphatic rings. The minimum Gasteiger partial charge on any atom is -0.379 e. The van der Waals surface area contributed by atoms with Gasteiger partial charge in [-0.25, -0.2) is 0 Å². The lowest BCUT2D eigenvalue weighted by molar-refractivity contribution is -0.120. The number of rotatable bonds is 6. The summed E-state index contributed by atoms with van der Waals surface area (Å²) in [5, 5.41) is 5.19. The first-order valence-electron chi connectivity index (χ1n) is 7.99. The van der Waals surface area contributed by atoms with Crippen LogP contribution in [0.5, 0.6) is 0 Å². The number of ether oxygens (including phenoxy) is 1. The first-order chi connectivity index (χ1) is 11.3. The monoisotopic (exact) mass is 330 g/mol. The van der Waals surface area contributed by atoms with Gasteiger partial charge in [0.1, 0.15) is 0 Å². The zero-order valence-corrected chi connectivity index (χ0v) is 13.9. The van der Waals surface area contributed by atoms with Crippen LogP contribution >= 0.6 is 11.3 Å². The highest BCUT2D eigenvalue weighted by molar-refractivity contribution is 7.10. The van der Waals surface area contributed by atoms with E-state index in [0.29, 0.717) is 13.0 Å². The van der Waals surface area contributed by atoms with E-state index in [2.05, 4.69) is 27.7 Å². The van der Waals surface area contributed by atoms with Gasteiger partial charge >= 0.3 is 0 Å². The summed E-state index contributed by atoms with van der Waals surface area (Å²) in [6.07, 6.45) is 0.432. The molecule has 1 aromatic heterocycles. The van der Waals surface area contributed by atoms with E-state index < -0.39 is 0 Å². The molecule has 0 radical (unpaired) electrons. The minimum absolute atomic E-state index is 0.0750. The molecule has 0 aliphatic carbocycles. The topological polar surface area (TPSA) is 41.6 Å². The molecule has 1 aromatic carbocycles. The van der Waals surface area contributed by atoms with Crippen molar-refractivity contribution >= 4 is 17.2 Å². The molecule has 4 nitrogen and oxygen atoms in total. The second-order valence-electron chi connectivity index (χ2n) is 5.65. The molecular weight excluding hydrogens is 308 g/mol. The highest BCUT2D eigenvalue weighted by atomic mass is 32.1. The Balaban J connectivity index is 1.59. The summed E-state index contributed by atoms with van der Waals surface area (Å²) in [5.74, 6) is 0.0750. The average molecular weight is 330 g/mol. The molecule has 2 heterocycles. The Morgan fingerprint density at radius 2 is 1.96 bits per heavy atom. The molecule has 0 bridgehead atoms. The van der Waals surface area contributed by atoms with Crippen LogP contribution in [0.2, 0.25) is 0 Å². The van der Waals surface area contributed by atoms with Gasteiger partial charge in [-0.05, 0) is 17.0 Å². The van der Waals surface area contributed by atoms with Crippen molar-refractivity contribution in [3.8, 4) is 0 Å². The van der Waals surface area contributed by atoms with Gasteiger partial charge in [-0.15, -0.1) is 11.3 Å². The van der Waals surface area contributed by atoms with Crippen molar-refractivity contribution in [1.29, 1.82) is 0 Å². The third kappa shape index (κ3) is 4.64. The van der Waals surface area contributed by atoms with E-state index in [1.54, 1.807) is 11.3 Å². The first kappa shape index (κ1) is 16.2. The van der Waals surface area contributed by atoms with Crippen molar-refractivity contribution < 1.29 is 9.53 Å². The Morgan fingerprint density at radius 1 is 1.17 bits per heavy atom. The van der Waals surface area contributed by atoms with Crippen molar-refractivity contribution in [3.63, 3.8) is 0 Å². The normalized spacial score (nSPS) is 16.9. The average Bonchev–Trinajstić information content (AvgIpc) is 3.11. The van der Waals surface area contributed by atoms with Gasteiger partial charge in [0.25, 0.3) is 0 Å². The zero-order chi connectivity index (χ0) is 15.9. The molecule has 1 aliphatic heterocycles. The molecule has 1 fully saturated rings. The first-order valence-corrected chi connectivity index (χ1v) is 8.87. The molecule has 2 aromatic rings. The van der Waals surface area contributed by atoms with Crippen LogP contribution < -0.4 is 5.32 Å². The molecule has 3 rings (SSSR count). The van der Waals surface area contributed by atoms with Gasteiger partial charge in [-0.2, -0.15) is 0 Å². The lowest BCUT2D eigenvalue weighted by Gasteiger charge is -2.34. The number of carbonyl (C=O) groups is 1. The van der Waals surface area contributed by atoms with Crippen LogP contribution in [0.15, 0.2) is 47.8 Å². The molecule has 23 heavy (non-hydrogen) atoms. The van der Waals surface area contributed by atoms with E-state index in [0.717, 1.165) is 31.9 Å². The number of thiophene rings is 1. The molecule has 0 spiro atoms. The molecule has 1 unspecified atom stereocenters. The molecule has 122 valence electrons. The van der Waals surface area contributed by atoms with Crippen molar-refractivity contribution in [2.75, 3.05) is 32.8 Å². The van der Waals surface area contributed by atoms with Gasteiger partial charge in [0.05, 0.1) is 25.7 Å². The highest BCUT2D eigenvalue weighted by Gasteiger charge is 2.23. The standard InChI is InChI=1S/C18H22N2O2S/c21-18(13-15-5-2-1-3-6-15)19-14-16(17-7-4-12-23-17)20-8-10-22-11-9-20/h1-7,12,16H,8-11,13-14H2,(H,19,21). The lowest BCUT2D eigenvalue weighted by Crippen LogP contribution is -2.43. The van der Waals surface area contributed by atoms with E-state index in [9.17, 15) is 4.79 Å². The van der Waals surface area contributed by atoms with Crippen LogP contribution in [0.4, 0.5) is 0 Å². The predicted octanol–water partition coefficient (Wildman–Crippen LogP) is 2.48. The summed E-state index contributed by atoms with van der Waals surface area (Å²) < 4.78 is 5.45. The lowest BCUT2D eigenvalue weighted by atomic mass is 10.1. The molecule has 0 saturated carbocycles. The highest BCUT2D eigenvalue weighted by Crippen LogP contribution is 2.25. The van der Waals surface area contributed by atoms with Gasteiger partial charge in [0.2, 0.25) is 5.91 Å². The zero-order valence-electron chi connectivity index (χ0n) is 13.1. The number of nitrogens with one attached hydrogen (secondary N) is 1. The number of nitrogens with zero attached hydrogens (tertiary/aromatic N) is 1. The van der Waals surface area contributed by atoms with Crippen molar-refractivity contribution in [3.05, 3.63) is 58.3 Å². The van der Waals surface area contributed by atoms with Gasteiger partial charge < -0.3 is 10.1 Å². The molecule has 5 heteroatoms. The SMILES string of the molecule is O=C(Cc1ccccc1)NCC(c1cccs1)N1CCOCC1. The van der Waals surface area contributed by atoms with Crippen LogP contribution in [-0.4, -0.2) is 43.7 Å². The maximum absolute atomic E-state index is 12.2. The molecular formula is C18H22N2O2S. The minimum atomic E-state index is 0.0750. The molecule has 1 atom stereocenters. The molecule has 1 N–H and O–H groups in total. The summed E-state index contributed by atoms with van der Waals surface area (Å²) in [4.78, 5) is 15.9. The van der Waals surface area contributed by atoms with Crippen molar-refractivity contribution in [2.45, 2.75) is 12.5 Å². The second kappa shape index (κ2) is 8.24. The summed E-state index contributed by atoms with van der Waals surface area (Å²) in [6, 6.07) is 14.3. The summed E-state index contributed by atoms with van der Waals surface area (Å²) in [6.45, 7) is 4.00. The summed E-state index contributed by atoms with van der Waals surface area (Å²) in [5.41, 5.74) is 1.05. The third-order valence-corrected chi connectivity index (χ3v) is 5.03. The number of hydrogen-bond donors (Lipinski definition) is 1. The Bertz CT molecular complexity index is 595. The summed E-state index contributed by atoms with van der Waals surface area (Å²) >= 11 is 1.75. The fourth-order valence-corrected chi connectivity index (χ4v) is 3.69. The second-order valence-corrected chi connectivity index (χ2v) is 6.63. The van der Waals surface area contributed by atoms with Crippen LogP contribution in [0.1, 0.15) is 16.5 Å². The van der Waals surface area contributed by atoms with E-state index in [1.165, 1.54) is 4.88 Å². The van der Waals surface area contributed by atoms with E-state index in [4.69, 9.17) is 4.74 Å². The van der Waals surface area contributed by atoms with Gasteiger partial charge in [-0.1, -0.05) is 36.4 Å². The smallest absolute Gasteiger partial charge is 0.224 e. The van der Waals surface area contributed by atoms with Crippen molar-refractivity contribution in [2.24, 2.45) is 0 Å². The fourth-order valence-electron chi connectivity index (χ4n) is 2.83. The largest absolute Gasteiger partial charge is 0.379 e. The van der Waals surface area contributed by atoms with Gasteiger partial charge in [-0.3, -0.25) is 9.69 Å². The Morgan fingerprint density at radius 3 is 2.65 bits per heavy atom. The Labute approximate surface area is 141 Å². The number of benzene rings is 1. The van der Waals surface area contributed by atoms with Crippen LogP contribution in [0, 0.1) is 0 Å². The van der Waals surface area contributed by atoms with Crippen LogP contribution in [0.25, 0.3) is 0 Å². The maximum atomic E-state index is 12.2. The number of carbonyl (C=O) groups excluding carboxylic acids is 1. The quantitative estimate of drug-likeness (QED) is 0.885. The van der Waals surface area contributed by atoms with Crippen molar-refractivity contribution in [1.82, 2.24) is 10.2 Å². The molecule has 1 amide bonds. The Kier molecular flexibility index (Phi) is 5.80. The van der Waals surface area contributed by atoms with E-state index in [1.807, 2.05) is 30.3 Å². The van der Waals surface area contributed by atoms with E-state index in [-0.39, 0.29) is 11.9 Å². The van der Waals surface area contributed by atoms with Crippen LogP contribution in [-0.2, 0) is 16.0 Å². The fraction of sp³-hybridized carbons (Fsp3) is 0.389. The third-order valence-electron chi connectivity index (χ3n) is 4.06. The Hall–Kier alpha value is -1.69. The van der Waals surface area contributed by atoms with Gasteiger partial charge in [0.15, 0.2) is 0 Å². The molecule has 1 saturated heterocycles.